The molecule has 0 aliphatic carbocycles. The average Bonchev–Trinajstić information content (AvgIpc) is 3.67. The third-order valence-corrected chi connectivity index (χ3v) is 6.89. The molecule has 0 bridgehead atoms. The lowest BCUT2D eigenvalue weighted by molar-refractivity contribution is -0.116. The van der Waals surface area contributed by atoms with Crippen LogP contribution in [-0.2, 0) is 4.79 Å². The van der Waals surface area contributed by atoms with Crippen molar-refractivity contribution in [3.63, 3.8) is 0 Å². The highest BCUT2D eigenvalue weighted by atomic mass is 32.1. The predicted octanol–water partition coefficient (Wildman–Crippen LogP) is 6.56. The number of unbranched alkanes of at least 4 members (excludes halogenated alkanes) is 1. The van der Waals surface area contributed by atoms with Gasteiger partial charge in [-0.05, 0) is 53.1 Å². The van der Waals surface area contributed by atoms with Crippen molar-refractivity contribution < 1.29 is 9.18 Å². The summed E-state index contributed by atoms with van der Waals surface area (Å²) in [6, 6.07) is 9.13. The van der Waals surface area contributed by atoms with E-state index >= 15 is 4.39 Å². The maximum absolute atomic E-state index is 16.0. The van der Waals surface area contributed by atoms with Gasteiger partial charge in [0, 0.05) is 35.5 Å². The third kappa shape index (κ3) is 4.25. The van der Waals surface area contributed by atoms with E-state index in [2.05, 4.69) is 40.8 Å². The molecule has 1 aromatic carbocycles. The van der Waals surface area contributed by atoms with E-state index in [1.165, 1.54) is 0 Å². The third-order valence-electron chi connectivity index (χ3n) is 6.21. The summed E-state index contributed by atoms with van der Waals surface area (Å²) in [5.74, 6) is -0.124. The zero-order chi connectivity index (χ0) is 25.4. The summed E-state index contributed by atoms with van der Waals surface area (Å²) in [6.07, 6.45) is 7.01. The Kier molecular flexibility index (Phi) is 5.93. The molecule has 0 atom stereocenters. The van der Waals surface area contributed by atoms with Crippen LogP contribution in [0.5, 0.6) is 0 Å². The summed E-state index contributed by atoms with van der Waals surface area (Å²) in [7, 11) is 0. The summed E-state index contributed by atoms with van der Waals surface area (Å²) in [6.45, 7) is 2.03. The number of anilines is 1. The second-order valence-electron chi connectivity index (χ2n) is 8.69. The topological polar surface area (TPSA) is 112 Å². The number of aromatic amines is 2. The molecule has 6 rings (SSSR count). The van der Waals surface area contributed by atoms with Gasteiger partial charge in [0.25, 0.3) is 0 Å². The number of hydrogen-bond acceptors (Lipinski definition) is 6. The van der Waals surface area contributed by atoms with Crippen LogP contribution in [-0.4, -0.2) is 36.0 Å². The fraction of sp³-hybridized carbons (Fsp3) is 0.148. The lowest BCUT2D eigenvalue weighted by atomic mass is 10.0. The van der Waals surface area contributed by atoms with Gasteiger partial charge in [0.1, 0.15) is 11.5 Å². The molecule has 0 saturated carbocycles. The van der Waals surface area contributed by atoms with Crippen molar-refractivity contribution in [2.24, 2.45) is 0 Å². The molecule has 10 heteroatoms. The number of imidazole rings is 1. The van der Waals surface area contributed by atoms with E-state index in [9.17, 15) is 4.79 Å². The molecule has 37 heavy (non-hydrogen) atoms. The Morgan fingerprint density at radius 1 is 1.14 bits per heavy atom. The van der Waals surface area contributed by atoms with Crippen LogP contribution in [0.3, 0.4) is 0 Å². The Bertz CT molecular complexity index is 1740. The summed E-state index contributed by atoms with van der Waals surface area (Å²) < 4.78 is 16.0. The molecule has 5 aromatic heterocycles. The zero-order valence-corrected chi connectivity index (χ0v) is 20.7. The molecule has 3 N–H and O–H groups in total. The van der Waals surface area contributed by atoms with Crippen LogP contribution in [0.15, 0.2) is 59.7 Å². The molecule has 0 saturated heterocycles. The quantitative estimate of drug-likeness (QED) is 0.225. The van der Waals surface area contributed by atoms with Crippen LogP contribution in [0, 0.1) is 5.82 Å². The molecule has 0 aliphatic heterocycles. The predicted molar refractivity (Wildman–Crippen MR) is 144 cm³/mol. The van der Waals surface area contributed by atoms with E-state index in [1.54, 1.807) is 48.1 Å². The van der Waals surface area contributed by atoms with Crippen LogP contribution >= 0.6 is 11.3 Å². The molecule has 0 unspecified atom stereocenters. The van der Waals surface area contributed by atoms with Crippen molar-refractivity contribution in [1.82, 2.24) is 30.1 Å². The maximum atomic E-state index is 16.0. The molecular weight excluding hydrogens is 489 g/mol. The van der Waals surface area contributed by atoms with Crippen molar-refractivity contribution in [1.29, 1.82) is 0 Å². The molecule has 184 valence electrons. The Hall–Kier alpha value is -4.44. The fourth-order valence-corrected chi connectivity index (χ4v) is 5.02. The summed E-state index contributed by atoms with van der Waals surface area (Å²) >= 11 is 1.61. The van der Waals surface area contributed by atoms with Crippen molar-refractivity contribution in [2.45, 2.75) is 26.2 Å². The van der Waals surface area contributed by atoms with Crippen molar-refractivity contribution in [2.75, 3.05) is 5.32 Å². The van der Waals surface area contributed by atoms with Crippen LogP contribution in [0.2, 0.25) is 0 Å². The van der Waals surface area contributed by atoms with E-state index in [-0.39, 0.29) is 5.91 Å². The lowest BCUT2D eigenvalue weighted by Crippen LogP contribution is -2.11. The van der Waals surface area contributed by atoms with Gasteiger partial charge in [0.05, 0.1) is 28.3 Å². The van der Waals surface area contributed by atoms with E-state index in [0.717, 1.165) is 29.5 Å². The molecule has 0 fully saturated rings. The Morgan fingerprint density at radius 2 is 2.05 bits per heavy atom. The summed E-state index contributed by atoms with van der Waals surface area (Å²) in [4.78, 5) is 28.7. The van der Waals surface area contributed by atoms with Crippen LogP contribution < -0.4 is 5.32 Å². The SMILES string of the molecule is CCCCC(=O)Nc1cncc(-c2ccc3[nH]nc(-c4nc5nccc(-c6ccsc6)c5[nH]4)c3c2F)c1. The van der Waals surface area contributed by atoms with Crippen LogP contribution in [0.4, 0.5) is 10.1 Å². The van der Waals surface area contributed by atoms with Crippen molar-refractivity contribution in [3.8, 4) is 33.8 Å². The number of H-pyrrole nitrogens is 2. The van der Waals surface area contributed by atoms with Gasteiger partial charge < -0.3 is 10.3 Å². The van der Waals surface area contributed by atoms with Gasteiger partial charge in [-0.2, -0.15) is 16.4 Å². The standard InChI is InChI=1S/C27H22FN7OS/c1-2-3-4-21(36)31-17-11-16(12-29-13-17)18-5-6-20-22(23(18)28)25(35-34-20)27-32-24-19(15-8-10-37-14-15)7-9-30-26(24)33-27/h5-14H,2-4H2,1H3,(H,31,36)(H,34,35)(H,30,32,33). The smallest absolute Gasteiger partial charge is 0.224 e. The number of halogens is 1. The van der Waals surface area contributed by atoms with Gasteiger partial charge in [-0.15, -0.1) is 0 Å². The first-order chi connectivity index (χ1) is 18.1. The number of carbonyl (C=O) groups is 1. The minimum atomic E-state index is -0.455. The Balaban J connectivity index is 1.41. The number of hydrogen-bond donors (Lipinski definition) is 3. The van der Waals surface area contributed by atoms with E-state index < -0.39 is 5.82 Å². The fourth-order valence-electron chi connectivity index (χ4n) is 4.36. The number of rotatable bonds is 7. The largest absolute Gasteiger partial charge is 0.335 e. The van der Waals surface area contributed by atoms with Crippen LogP contribution in [0.25, 0.3) is 55.8 Å². The number of aromatic nitrogens is 6. The molecule has 5 heterocycles. The number of carbonyl (C=O) groups excluding carboxylic acids is 1. The molecule has 1 amide bonds. The minimum absolute atomic E-state index is 0.0887. The van der Waals surface area contributed by atoms with Crippen molar-refractivity contribution in [3.05, 3.63) is 65.5 Å². The lowest BCUT2D eigenvalue weighted by Gasteiger charge is -2.08. The maximum Gasteiger partial charge on any atom is 0.224 e. The first-order valence-corrected chi connectivity index (χ1v) is 12.9. The number of fused-ring (bicyclic) bond motifs is 2. The zero-order valence-electron chi connectivity index (χ0n) is 19.9. The highest BCUT2D eigenvalue weighted by Crippen LogP contribution is 2.35. The highest BCUT2D eigenvalue weighted by molar-refractivity contribution is 7.08. The van der Waals surface area contributed by atoms with Gasteiger partial charge in [-0.25, -0.2) is 14.4 Å². The monoisotopic (exact) mass is 511 g/mol. The average molecular weight is 512 g/mol. The van der Waals surface area contributed by atoms with E-state index in [4.69, 9.17) is 0 Å². The molecule has 0 spiro atoms. The van der Waals surface area contributed by atoms with E-state index in [0.29, 0.717) is 51.3 Å². The van der Waals surface area contributed by atoms with Crippen LogP contribution in [0.1, 0.15) is 26.2 Å². The second-order valence-corrected chi connectivity index (χ2v) is 9.47. The number of nitrogens with zero attached hydrogens (tertiary/aromatic N) is 4. The molecule has 8 nitrogen and oxygen atoms in total. The van der Waals surface area contributed by atoms with Crippen molar-refractivity contribution >= 4 is 45.0 Å². The minimum Gasteiger partial charge on any atom is -0.335 e. The summed E-state index contributed by atoms with van der Waals surface area (Å²) in [5, 5.41) is 14.5. The Labute approximate surface area is 215 Å². The number of amides is 1. The van der Waals surface area contributed by atoms with Gasteiger partial charge in [-0.3, -0.25) is 14.9 Å². The number of benzene rings is 1. The number of nitrogens with one attached hydrogen (secondary N) is 3. The molecule has 0 radical (unpaired) electrons. The number of thiophene rings is 1. The normalized spacial score (nSPS) is 11.4. The first-order valence-electron chi connectivity index (χ1n) is 11.9. The van der Waals surface area contributed by atoms with Gasteiger partial charge >= 0.3 is 0 Å². The van der Waals surface area contributed by atoms with E-state index in [1.807, 2.05) is 24.4 Å². The highest BCUT2D eigenvalue weighted by Gasteiger charge is 2.21. The number of pyridine rings is 2. The Morgan fingerprint density at radius 3 is 2.89 bits per heavy atom. The van der Waals surface area contributed by atoms with Gasteiger partial charge in [0.15, 0.2) is 11.5 Å². The first kappa shape index (κ1) is 23.0. The summed E-state index contributed by atoms with van der Waals surface area (Å²) in [5.41, 5.74) is 5.64. The molecular formula is C27H22FN7OS. The second kappa shape index (κ2) is 9.55. The molecule has 0 aliphatic rings. The van der Waals surface area contributed by atoms with Gasteiger partial charge in [0.2, 0.25) is 5.91 Å². The van der Waals surface area contributed by atoms with Gasteiger partial charge in [-0.1, -0.05) is 13.3 Å². The molecule has 6 aromatic rings.